The summed E-state index contributed by atoms with van der Waals surface area (Å²) in [6.07, 6.45) is 4.52. The Morgan fingerprint density at radius 1 is 1.14 bits per heavy atom. The maximum Gasteiger partial charge on any atom is 0.249 e. The molecule has 4 heteroatoms. The van der Waals surface area contributed by atoms with Crippen molar-refractivity contribution in [3.05, 3.63) is 35.9 Å². The molecule has 114 valence electrons. The molecule has 1 aromatic rings. The van der Waals surface area contributed by atoms with E-state index in [1.165, 1.54) is 6.42 Å². The van der Waals surface area contributed by atoms with E-state index in [2.05, 4.69) is 5.32 Å². The number of benzene rings is 1. The zero-order chi connectivity index (χ0) is 15.1. The number of carbonyl (C=O) groups excluding carboxylic acids is 2. The molecule has 1 fully saturated rings. The van der Waals surface area contributed by atoms with Crippen molar-refractivity contribution in [2.75, 3.05) is 13.1 Å². The number of amides is 2. The predicted octanol–water partition coefficient (Wildman–Crippen LogP) is 2.66. The van der Waals surface area contributed by atoms with Crippen LogP contribution in [0.15, 0.2) is 30.3 Å². The average molecular weight is 288 g/mol. The standard InChI is InChI=1S/C17H24N2O2/c1-2-9-15(20)18-16(14-10-5-3-6-11-14)17(21)19-12-7-4-8-13-19/h3,5-6,10-11,16H,2,4,7-9,12-13H2,1H3,(H,18,20)/t16-/m0/s1. The van der Waals surface area contributed by atoms with E-state index in [-0.39, 0.29) is 11.8 Å². The summed E-state index contributed by atoms with van der Waals surface area (Å²) < 4.78 is 0. The molecule has 0 bridgehead atoms. The Balaban J connectivity index is 2.14. The fourth-order valence-electron chi connectivity index (χ4n) is 2.69. The summed E-state index contributed by atoms with van der Waals surface area (Å²) in [6, 6.07) is 8.97. The van der Waals surface area contributed by atoms with E-state index in [1.54, 1.807) is 0 Å². The zero-order valence-electron chi connectivity index (χ0n) is 12.7. The van der Waals surface area contributed by atoms with Crippen molar-refractivity contribution in [3.63, 3.8) is 0 Å². The summed E-state index contributed by atoms with van der Waals surface area (Å²) in [6.45, 7) is 3.56. The second-order valence-corrected chi connectivity index (χ2v) is 5.55. The highest BCUT2D eigenvalue weighted by atomic mass is 16.2. The highest BCUT2D eigenvalue weighted by Gasteiger charge is 2.27. The zero-order valence-corrected chi connectivity index (χ0v) is 12.7. The van der Waals surface area contributed by atoms with E-state index in [9.17, 15) is 9.59 Å². The molecular formula is C17H24N2O2. The van der Waals surface area contributed by atoms with Gasteiger partial charge in [-0.1, -0.05) is 37.3 Å². The van der Waals surface area contributed by atoms with Gasteiger partial charge in [-0.2, -0.15) is 0 Å². The Bertz CT molecular complexity index is 467. The van der Waals surface area contributed by atoms with Crippen LogP contribution in [-0.4, -0.2) is 29.8 Å². The topological polar surface area (TPSA) is 49.4 Å². The van der Waals surface area contributed by atoms with E-state index >= 15 is 0 Å². The smallest absolute Gasteiger partial charge is 0.249 e. The van der Waals surface area contributed by atoms with Crippen molar-refractivity contribution in [1.29, 1.82) is 0 Å². The minimum atomic E-state index is -0.552. The van der Waals surface area contributed by atoms with Crippen molar-refractivity contribution in [1.82, 2.24) is 10.2 Å². The molecule has 0 aromatic heterocycles. The van der Waals surface area contributed by atoms with Crippen LogP contribution in [0.4, 0.5) is 0 Å². The third kappa shape index (κ3) is 4.31. The summed E-state index contributed by atoms with van der Waals surface area (Å²) >= 11 is 0. The Morgan fingerprint density at radius 3 is 2.43 bits per heavy atom. The van der Waals surface area contributed by atoms with Crippen LogP contribution in [0.2, 0.25) is 0 Å². The van der Waals surface area contributed by atoms with Crippen LogP contribution in [0.1, 0.15) is 50.6 Å². The summed E-state index contributed by atoms with van der Waals surface area (Å²) in [7, 11) is 0. The van der Waals surface area contributed by atoms with E-state index < -0.39 is 6.04 Å². The van der Waals surface area contributed by atoms with Gasteiger partial charge in [-0.3, -0.25) is 9.59 Å². The van der Waals surface area contributed by atoms with Crippen molar-refractivity contribution in [2.45, 2.75) is 45.1 Å². The lowest BCUT2D eigenvalue weighted by Crippen LogP contribution is -2.44. The summed E-state index contributed by atoms with van der Waals surface area (Å²) in [5.41, 5.74) is 0.859. The first-order valence-electron chi connectivity index (χ1n) is 7.85. The van der Waals surface area contributed by atoms with Gasteiger partial charge in [0.05, 0.1) is 0 Å². The first kappa shape index (κ1) is 15.5. The molecule has 0 unspecified atom stereocenters. The monoisotopic (exact) mass is 288 g/mol. The van der Waals surface area contributed by atoms with Gasteiger partial charge in [0.2, 0.25) is 11.8 Å². The first-order chi connectivity index (χ1) is 10.2. The highest BCUT2D eigenvalue weighted by Crippen LogP contribution is 2.19. The minimum Gasteiger partial charge on any atom is -0.341 e. The average Bonchev–Trinajstić information content (AvgIpc) is 2.54. The molecule has 1 aliphatic heterocycles. The number of piperidine rings is 1. The lowest BCUT2D eigenvalue weighted by Gasteiger charge is -2.31. The van der Waals surface area contributed by atoms with Crippen LogP contribution in [0.5, 0.6) is 0 Å². The fraction of sp³-hybridized carbons (Fsp3) is 0.529. The molecule has 0 aliphatic carbocycles. The lowest BCUT2D eigenvalue weighted by molar-refractivity contribution is -0.137. The SMILES string of the molecule is CCCC(=O)N[C@H](C(=O)N1CCCCC1)c1ccccc1. The fourth-order valence-corrected chi connectivity index (χ4v) is 2.69. The van der Waals surface area contributed by atoms with Crippen LogP contribution < -0.4 is 5.32 Å². The van der Waals surface area contributed by atoms with Gasteiger partial charge in [-0.05, 0) is 31.2 Å². The molecule has 4 nitrogen and oxygen atoms in total. The van der Waals surface area contributed by atoms with Crippen molar-refractivity contribution in [2.24, 2.45) is 0 Å². The molecule has 1 heterocycles. The molecule has 2 rings (SSSR count). The van der Waals surface area contributed by atoms with Gasteiger partial charge in [-0.25, -0.2) is 0 Å². The Labute approximate surface area is 126 Å². The molecule has 0 spiro atoms. The first-order valence-corrected chi connectivity index (χ1v) is 7.85. The minimum absolute atomic E-state index is 0.0188. The number of hydrogen-bond acceptors (Lipinski definition) is 2. The highest BCUT2D eigenvalue weighted by molar-refractivity contribution is 5.88. The van der Waals surface area contributed by atoms with Gasteiger partial charge in [0.25, 0.3) is 0 Å². The molecule has 1 aromatic carbocycles. The molecule has 21 heavy (non-hydrogen) atoms. The Kier molecular flexibility index (Phi) is 5.78. The summed E-state index contributed by atoms with van der Waals surface area (Å²) in [4.78, 5) is 26.6. The van der Waals surface area contributed by atoms with Gasteiger partial charge >= 0.3 is 0 Å². The maximum atomic E-state index is 12.7. The summed E-state index contributed by atoms with van der Waals surface area (Å²) in [5.74, 6) is -0.0398. The number of rotatable bonds is 5. The Hall–Kier alpha value is -1.84. The molecule has 1 N–H and O–H groups in total. The van der Waals surface area contributed by atoms with Gasteiger partial charge in [0, 0.05) is 19.5 Å². The normalized spacial score (nSPS) is 16.3. The van der Waals surface area contributed by atoms with Gasteiger partial charge in [0.1, 0.15) is 6.04 Å². The molecule has 1 aliphatic rings. The van der Waals surface area contributed by atoms with Crippen LogP contribution in [0.3, 0.4) is 0 Å². The molecule has 1 saturated heterocycles. The van der Waals surface area contributed by atoms with Gasteiger partial charge in [-0.15, -0.1) is 0 Å². The predicted molar refractivity (Wildman–Crippen MR) is 82.7 cm³/mol. The van der Waals surface area contributed by atoms with Gasteiger partial charge < -0.3 is 10.2 Å². The van der Waals surface area contributed by atoms with E-state index in [0.29, 0.717) is 6.42 Å². The number of carbonyl (C=O) groups is 2. The van der Waals surface area contributed by atoms with Crippen molar-refractivity contribution < 1.29 is 9.59 Å². The number of likely N-dealkylation sites (tertiary alicyclic amines) is 1. The second-order valence-electron chi connectivity index (χ2n) is 5.55. The molecule has 1 atom stereocenters. The third-order valence-electron chi connectivity index (χ3n) is 3.83. The molecular weight excluding hydrogens is 264 g/mol. The lowest BCUT2D eigenvalue weighted by atomic mass is 10.0. The van der Waals surface area contributed by atoms with Crippen LogP contribution in [0.25, 0.3) is 0 Å². The largest absolute Gasteiger partial charge is 0.341 e. The number of nitrogens with one attached hydrogen (secondary N) is 1. The number of nitrogens with zero attached hydrogens (tertiary/aromatic N) is 1. The van der Waals surface area contributed by atoms with Crippen LogP contribution in [0, 0.1) is 0 Å². The van der Waals surface area contributed by atoms with Crippen molar-refractivity contribution >= 4 is 11.8 Å². The van der Waals surface area contributed by atoms with Gasteiger partial charge in [0.15, 0.2) is 0 Å². The van der Waals surface area contributed by atoms with E-state index in [4.69, 9.17) is 0 Å². The third-order valence-corrected chi connectivity index (χ3v) is 3.83. The van der Waals surface area contributed by atoms with Crippen molar-refractivity contribution in [3.8, 4) is 0 Å². The molecule has 2 amide bonds. The second kappa shape index (κ2) is 7.81. The summed E-state index contributed by atoms with van der Waals surface area (Å²) in [5, 5.41) is 2.90. The molecule has 0 saturated carbocycles. The van der Waals surface area contributed by atoms with Crippen LogP contribution >= 0.6 is 0 Å². The maximum absolute atomic E-state index is 12.7. The van der Waals surface area contributed by atoms with E-state index in [0.717, 1.165) is 37.9 Å². The van der Waals surface area contributed by atoms with Crippen LogP contribution in [-0.2, 0) is 9.59 Å². The quantitative estimate of drug-likeness (QED) is 0.905. The van der Waals surface area contributed by atoms with E-state index in [1.807, 2.05) is 42.2 Å². The number of hydrogen-bond donors (Lipinski definition) is 1. The molecule has 0 radical (unpaired) electrons. The Morgan fingerprint density at radius 2 is 1.81 bits per heavy atom.